The molecule has 0 heterocycles. The molecule has 0 unspecified atom stereocenters. The first kappa shape index (κ1) is 11.9. The van der Waals surface area contributed by atoms with Crippen molar-refractivity contribution in [2.24, 2.45) is 0 Å². The van der Waals surface area contributed by atoms with Gasteiger partial charge in [-0.3, -0.25) is 10.1 Å². The largest absolute Gasteiger partial charge is 0.393 e. The Hall–Kier alpha value is -2.56. The standard InChI is InChI=1S/C13H13N3O2/c14-12-7-6-11(8-13(12)16(17)18)15-9-10-4-2-1-3-5-10/h1-8,15H,9,14H2. The number of benzene rings is 2. The van der Waals surface area contributed by atoms with E-state index in [1.807, 2.05) is 30.3 Å². The third-order valence-corrected chi connectivity index (χ3v) is 2.57. The Morgan fingerprint density at radius 1 is 1.17 bits per heavy atom. The van der Waals surface area contributed by atoms with Gasteiger partial charge in [0, 0.05) is 18.3 Å². The van der Waals surface area contributed by atoms with Crippen LogP contribution in [0.15, 0.2) is 48.5 Å². The van der Waals surface area contributed by atoms with Crippen molar-refractivity contribution >= 4 is 17.1 Å². The van der Waals surface area contributed by atoms with E-state index in [0.29, 0.717) is 12.2 Å². The molecular weight excluding hydrogens is 230 g/mol. The number of hydrogen-bond acceptors (Lipinski definition) is 4. The van der Waals surface area contributed by atoms with Crippen molar-refractivity contribution < 1.29 is 4.92 Å². The third kappa shape index (κ3) is 2.76. The Bertz CT molecular complexity index is 555. The van der Waals surface area contributed by atoms with Crippen LogP contribution >= 0.6 is 0 Å². The highest BCUT2D eigenvalue weighted by Crippen LogP contribution is 2.25. The van der Waals surface area contributed by atoms with Gasteiger partial charge in [-0.2, -0.15) is 0 Å². The van der Waals surface area contributed by atoms with Crippen LogP contribution in [0.25, 0.3) is 0 Å². The van der Waals surface area contributed by atoms with Gasteiger partial charge in [-0.15, -0.1) is 0 Å². The fourth-order valence-corrected chi connectivity index (χ4v) is 1.61. The molecule has 0 aliphatic carbocycles. The van der Waals surface area contributed by atoms with Gasteiger partial charge < -0.3 is 11.1 Å². The van der Waals surface area contributed by atoms with Crippen LogP contribution in [0.1, 0.15) is 5.56 Å². The van der Waals surface area contributed by atoms with Crippen molar-refractivity contribution in [1.29, 1.82) is 0 Å². The molecule has 0 bridgehead atoms. The van der Waals surface area contributed by atoms with Gasteiger partial charge in [-0.1, -0.05) is 30.3 Å². The molecule has 2 aromatic rings. The van der Waals surface area contributed by atoms with Crippen LogP contribution in [-0.4, -0.2) is 4.92 Å². The van der Waals surface area contributed by atoms with Crippen LogP contribution < -0.4 is 11.1 Å². The monoisotopic (exact) mass is 243 g/mol. The fourth-order valence-electron chi connectivity index (χ4n) is 1.61. The van der Waals surface area contributed by atoms with E-state index >= 15 is 0 Å². The van der Waals surface area contributed by atoms with Gasteiger partial charge in [-0.05, 0) is 17.7 Å². The molecule has 0 saturated carbocycles. The van der Waals surface area contributed by atoms with E-state index in [2.05, 4.69) is 5.32 Å². The van der Waals surface area contributed by atoms with E-state index in [-0.39, 0.29) is 11.4 Å². The summed E-state index contributed by atoms with van der Waals surface area (Å²) in [5.41, 5.74) is 7.41. The maximum absolute atomic E-state index is 10.7. The number of nitrogens with zero attached hydrogens (tertiary/aromatic N) is 1. The van der Waals surface area contributed by atoms with Gasteiger partial charge in [0.1, 0.15) is 5.69 Å². The smallest absolute Gasteiger partial charge is 0.294 e. The molecule has 0 atom stereocenters. The maximum atomic E-state index is 10.7. The second-order valence-corrected chi connectivity index (χ2v) is 3.87. The summed E-state index contributed by atoms with van der Waals surface area (Å²) in [4.78, 5) is 10.3. The highest BCUT2D eigenvalue weighted by atomic mass is 16.6. The third-order valence-electron chi connectivity index (χ3n) is 2.57. The van der Waals surface area contributed by atoms with Gasteiger partial charge in [0.2, 0.25) is 0 Å². The number of nitrogen functional groups attached to an aromatic ring is 1. The van der Waals surface area contributed by atoms with Gasteiger partial charge in [0.15, 0.2) is 0 Å². The van der Waals surface area contributed by atoms with Gasteiger partial charge in [0.25, 0.3) is 5.69 Å². The molecule has 0 fully saturated rings. The van der Waals surface area contributed by atoms with E-state index in [4.69, 9.17) is 5.73 Å². The lowest BCUT2D eigenvalue weighted by Gasteiger charge is -2.07. The Labute approximate surface area is 104 Å². The quantitative estimate of drug-likeness (QED) is 0.491. The van der Waals surface area contributed by atoms with E-state index < -0.39 is 4.92 Å². The molecule has 0 aromatic heterocycles. The molecule has 0 aliphatic heterocycles. The number of nitro benzene ring substituents is 1. The molecule has 0 aliphatic rings. The van der Waals surface area contributed by atoms with Crippen LogP contribution in [0.2, 0.25) is 0 Å². The van der Waals surface area contributed by atoms with Crippen LogP contribution in [0.3, 0.4) is 0 Å². The van der Waals surface area contributed by atoms with Crippen molar-refractivity contribution in [2.45, 2.75) is 6.54 Å². The predicted molar refractivity (Wildman–Crippen MR) is 71.3 cm³/mol. The summed E-state index contributed by atoms with van der Waals surface area (Å²) in [5.74, 6) is 0. The van der Waals surface area contributed by atoms with Crippen molar-refractivity contribution in [3.05, 3.63) is 64.2 Å². The first-order chi connectivity index (χ1) is 8.66. The van der Waals surface area contributed by atoms with Crippen molar-refractivity contribution in [3.8, 4) is 0 Å². The minimum absolute atomic E-state index is 0.0759. The number of anilines is 2. The minimum atomic E-state index is -0.483. The molecule has 0 saturated heterocycles. The topological polar surface area (TPSA) is 81.2 Å². The van der Waals surface area contributed by atoms with Crippen molar-refractivity contribution in [2.75, 3.05) is 11.1 Å². The molecule has 5 nitrogen and oxygen atoms in total. The fraction of sp³-hybridized carbons (Fsp3) is 0.0769. The lowest BCUT2D eigenvalue weighted by Crippen LogP contribution is -2.01. The molecule has 5 heteroatoms. The maximum Gasteiger partial charge on any atom is 0.294 e. The Morgan fingerprint density at radius 2 is 1.89 bits per heavy atom. The number of rotatable bonds is 4. The van der Waals surface area contributed by atoms with Crippen LogP contribution in [0.5, 0.6) is 0 Å². The van der Waals surface area contributed by atoms with E-state index in [0.717, 1.165) is 5.56 Å². The highest BCUT2D eigenvalue weighted by Gasteiger charge is 2.11. The molecule has 92 valence electrons. The van der Waals surface area contributed by atoms with Gasteiger partial charge in [-0.25, -0.2) is 0 Å². The number of nitrogens with one attached hydrogen (secondary N) is 1. The van der Waals surface area contributed by atoms with E-state index in [1.165, 1.54) is 12.1 Å². The molecule has 0 spiro atoms. The zero-order chi connectivity index (χ0) is 13.0. The average molecular weight is 243 g/mol. The summed E-state index contributed by atoms with van der Waals surface area (Å²) in [6.07, 6.45) is 0. The van der Waals surface area contributed by atoms with Gasteiger partial charge in [0.05, 0.1) is 4.92 Å². The molecular formula is C13H13N3O2. The summed E-state index contributed by atoms with van der Waals surface area (Å²) in [5, 5.41) is 13.9. The van der Waals surface area contributed by atoms with Crippen molar-refractivity contribution in [1.82, 2.24) is 0 Å². The molecule has 0 amide bonds. The van der Waals surface area contributed by atoms with Crippen molar-refractivity contribution in [3.63, 3.8) is 0 Å². The number of nitro groups is 1. The summed E-state index contributed by atoms with van der Waals surface area (Å²) in [7, 11) is 0. The lowest BCUT2D eigenvalue weighted by atomic mass is 10.2. The van der Waals surface area contributed by atoms with Crippen LogP contribution in [-0.2, 0) is 6.54 Å². The number of hydrogen-bond donors (Lipinski definition) is 2. The average Bonchev–Trinajstić information content (AvgIpc) is 2.38. The zero-order valence-corrected chi connectivity index (χ0v) is 9.67. The minimum Gasteiger partial charge on any atom is -0.393 e. The second kappa shape index (κ2) is 5.18. The van der Waals surface area contributed by atoms with Crippen LogP contribution in [0.4, 0.5) is 17.1 Å². The molecule has 2 rings (SSSR count). The van der Waals surface area contributed by atoms with E-state index in [1.54, 1.807) is 6.07 Å². The first-order valence-electron chi connectivity index (χ1n) is 5.48. The highest BCUT2D eigenvalue weighted by molar-refractivity contribution is 5.65. The van der Waals surface area contributed by atoms with E-state index in [9.17, 15) is 10.1 Å². The Balaban J connectivity index is 2.11. The summed E-state index contributed by atoms with van der Waals surface area (Å²) >= 11 is 0. The Kier molecular flexibility index (Phi) is 3.43. The lowest BCUT2D eigenvalue weighted by molar-refractivity contribution is -0.383. The molecule has 0 radical (unpaired) electrons. The predicted octanol–water partition coefficient (Wildman–Crippen LogP) is 2.79. The summed E-state index contributed by atoms with van der Waals surface area (Å²) in [6.45, 7) is 0.613. The van der Waals surface area contributed by atoms with Gasteiger partial charge >= 0.3 is 0 Å². The summed E-state index contributed by atoms with van der Waals surface area (Å²) < 4.78 is 0. The second-order valence-electron chi connectivity index (χ2n) is 3.87. The zero-order valence-electron chi connectivity index (χ0n) is 9.67. The van der Waals surface area contributed by atoms with Crippen LogP contribution in [0, 0.1) is 10.1 Å². The SMILES string of the molecule is Nc1ccc(NCc2ccccc2)cc1[N+](=O)[O-]. The normalized spacial score (nSPS) is 10.0. The molecule has 18 heavy (non-hydrogen) atoms. The molecule has 3 N–H and O–H groups in total. The Morgan fingerprint density at radius 3 is 2.56 bits per heavy atom. The number of nitrogens with two attached hydrogens (primary N) is 1. The molecule has 2 aromatic carbocycles. The first-order valence-corrected chi connectivity index (χ1v) is 5.48. The summed E-state index contributed by atoms with van der Waals surface area (Å²) in [6, 6.07) is 14.5.